The summed E-state index contributed by atoms with van der Waals surface area (Å²) in [6.45, 7) is 1.96. The Labute approximate surface area is 87.9 Å². The van der Waals surface area contributed by atoms with Crippen molar-refractivity contribution >= 4 is 16.5 Å². The zero-order valence-electron chi connectivity index (χ0n) is 8.36. The van der Waals surface area contributed by atoms with Crippen LogP contribution in [0.25, 0.3) is 0 Å². The fraction of sp³-hybridized carbons (Fsp3) is 0.778. The van der Waals surface area contributed by atoms with E-state index in [0.717, 1.165) is 23.0 Å². The van der Waals surface area contributed by atoms with Crippen molar-refractivity contribution in [2.45, 2.75) is 44.7 Å². The molecule has 4 nitrogen and oxygen atoms in total. The summed E-state index contributed by atoms with van der Waals surface area (Å²) >= 11 is 1.59. The molecule has 0 spiro atoms. The lowest BCUT2D eigenvalue weighted by Gasteiger charge is -2.28. The zero-order valence-corrected chi connectivity index (χ0v) is 9.18. The van der Waals surface area contributed by atoms with E-state index in [4.69, 9.17) is 5.73 Å². The second-order valence-electron chi connectivity index (χ2n) is 3.83. The maximum absolute atomic E-state index is 6.03. The molecule has 1 aromatic heterocycles. The minimum absolute atomic E-state index is 0.271. The predicted octanol–water partition coefficient (Wildman–Crippen LogP) is 1.53. The lowest BCUT2D eigenvalue weighted by molar-refractivity contribution is 0.404. The van der Waals surface area contributed by atoms with Crippen LogP contribution in [0.3, 0.4) is 0 Å². The molecule has 0 amide bonds. The summed E-state index contributed by atoms with van der Waals surface area (Å²) in [4.78, 5) is 0. The van der Waals surface area contributed by atoms with Gasteiger partial charge in [0, 0.05) is 12.1 Å². The number of hydrogen-bond acceptors (Lipinski definition) is 5. The fourth-order valence-electron chi connectivity index (χ4n) is 1.85. The van der Waals surface area contributed by atoms with Gasteiger partial charge in [-0.25, -0.2) is 0 Å². The molecule has 2 unspecified atom stereocenters. The number of nitrogens with two attached hydrogens (primary N) is 1. The molecular weight excluding hydrogens is 196 g/mol. The van der Waals surface area contributed by atoms with E-state index in [-0.39, 0.29) is 6.04 Å². The lowest BCUT2D eigenvalue weighted by atomic mass is 9.91. The summed E-state index contributed by atoms with van der Waals surface area (Å²) in [6, 6.07) is 0.657. The monoisotopic (exact) mass is 212 g/mol. The highest BCUT2D eigenvalue weighted by Gasteiger charge is 2.22. The van der Waals surface area contributed by atoms with Crippen LogP contribution in [0.2, 0.25) is 0 Å². The first-order valence-electron chi connectivity index (χ1n) is 5.08. The van der Waals surface area contributed by atoms with Gasteiger partial charge < -0.3 is 11.1 Å². The summed E-state index contributed by atoms with van der Waals surface area (Å²) in [5.41, 5.74) is 6.03. The van der Waals surface area contributed by atoms with Gasteiger partial charge in [0.15, 0.2) is 0 Å². The van der Waals surface area contributed by atoms with E-state index in [1.807, 2.05) is 6.92 Å². The average molecular weight is 212 g/mol. The van der Waals surface area contributed by atoms with E-state index >= 15 is 0 Å². The van der Waals surface area contributed by atoms with Crippen molar-refractivity contribution < 1.29 is 0 Å². The van der Waals surface area contributed by atoms with E-state index in [9.17, 15) is 0 Å². The van der Waals surface area contributed by atoms with Crippen LogP contribution in [-0.2, 0) is 0 Å². The third kappa shape index (κ3) is 2.22. The van der Waals surface area contributed by atoms with Gasteiger partial charge in [-0.05, 0) is 19.8 Å². The highest BCUT2D eigenvalue weighted by Crippen LogP contribution is 2.22. The molecule has 1 aliphatic rings. The highest BCUT2D eigenvalue weighted by molar-refractivity contribution is 7.15. The molecule has 2 atom stereocenters. The van der Waals surface area contributed by atoms with Gasteiger partial charge in [-0.2, -0.15) is 0 Å². The van der Waals surface area contributed by atoms with Crippen LogP contribution in [0.1, 0.15) is 30.7 Å². The lowest BCUT2D eigenvalue weighted by Crippen LogP contribution is -2.42. The topological polar surface area (TPSA) is 63.8 Å². The van der Waals surface area contributed by atoms with Gasteiger partial charge in [-0.15, -0.1) is 10.2 Å². The molecule has 14 heavy (non-hydrogen) atoms. The molecule has 1 heterocycles. The molecule has 1 aliphatic carbocycles. The number of hydrogen-bond donors (Lipinski definition) is 2. The largest absolute Gasteiger partial charge is 0.356 e. The van der Waals surface area contributed by atoms with Gasteiger partial charge in [-0.3, -0.25) is 0 Å². The molecule has 78 valence electrons. The van der Waals surface area contributed by atoms with Crippen molar-refractivity contribution in [1.82, 2.24) is 10.2 Å². The Kier molecular flexibility index (Phi) is 2.98. The van der Waals surface area contributed by atoms with E-state index in [1.54, 1.807) is 11.3 Å². The second kappa shape index (κ2) is 4.23. The molecule has 2 rings (SSSR count). The van der Waals surface area contributed by atoms with Crippen molar-refractivity contribution in [3.8, 4) is 0 Å². The number of rotatable bonds is 2. The minimum Gasteiger partial charge on any atom is -0.356 e. The smallest absolute Gasteiger partial charge is 0.205 e. The molecule has 1 aromatic rings. The molecular formula is C9H16N4S. The third-order valence-electron chi connectivity index (χ3n) is 2.65. The number of nitrogens with zero attached hydrogens (tertiary/aromatic N) is 2. The van der Waals surface area contributed by atoms with Crippen LogP contribution in [0.15, 0.2) is 0 Å². The second-order valence-corrected chi connectivity index (χ2v) is 5.01. The quantitative estimate of drug-likeness (QED) is 0.780. The van der Waals surface area contributed by atoms with E-state index < -0.39 is 0 Å². The highest BCUT2D eigenvalue weighted by atomic mass is 32.1. The zero-order chi connectivity index (χ0) is 9.97. The molecule has 1 fully saturated rings. The number of nitrogens with one attached hydrogen (secondary N) is 1. The first-order valence-corrected chi connectivity index (χ1v) is 5.89. The number of aromatic nitrogens is 2. The summed E-state index contributed by atoms with van der Waals surface area (Å²) in [5, 5.41) is 13.3. The molecule has 1 saturated carbocycles. The maximum Gasteiger partial charge on any atom is 0.205 e. The Bertz CT molecular complexity index is 299. The standard InChI is InChI=1S/C9H16N4S/c1-6-12-13-9(14-6)11-8-5-3-2-4-7(8)10/h7-8H,2-5,10H2,1H3,(H,11,13). The average Bonchev–Trinajstić information content (AvgIpc) is 2.56. The van der Waals surface area contributed by atoms with Crippen molar-refractivity contribution in [2.24, 2.45) is 5.73 Å². The molecule has 0 saturated heterocycles. The van der Waals surface area contributed by atoms with Crippen LogP contribution in [-0.4, -0.2) is 22.3 Å². The number of aryl methyl sites for hydroxylation is 1. The predicted molar refractivity (Wildman–Crippen MR) is 58.5 cm³/mol. The summed E-state index contributed by atoms with van der Waals surface area (Å²) in [6.07, 6.45) is 4.80. The molecule has 0 radical (unpaired) electrons. The van der Waals surface area contributed by atoms with E-state index in [0.29, 0.717) is 6.04 Å². The Morgan fingerprint density at radius 1 is 1.36 bits per heavy atom. The molecule has 5 heteroatoms. The number of anilines is 1. The molecule has 0 aliphatic heterocycles. The van der Waals surface area contributed by atoms with Crippen molar-refractivity contribution in [3.05, 3.63) is 5.01 Å². The SMILES string of the molecule is Cc1nnc(NC2CCCCC2N)s1. The van der Waals surface area contributed by atoms with Crippen LogP contribution in [0.4, 0.5) is 5.13 Å². The van der Waals surface area contributed by atoms with E-state index in [2.05, 4.69) is 15.5 Å². The van der Waals surface area contributed by atoms with E-state index in [1.165, 1.54) is 12.8 Å². The van der Waals surface area contributed by atoms with Crippen molar-refractivity contribution in [3.63, 3.8) is 0 Å². The van der Waals surface area contributed by atoms with Crippen molar-refractivity contribution in [1.29, 1.82) is 0 Å². The maximum atomic E-state index is 6.03. The summed E-state index contributed by atoms with van der Waals surface area (Å²) in [7, 11) is 0. The van der Waals surface area contributed by atoms with Gasteiger partial charge in [0.25, 0.3) is 0 Å². The first kappa shape index (κ1) is 9.86. The van der Waals surface area contributed by atoms with Crippen molar-refractivity contribution in [2.75, 3.05) is 5.32 Å². The Morgan fingerprint density at radius 3 is 2.79 bits per heavy atom. The van der Waals surface area contributed by atoms with Gasteiger partial charge >= 0.3 is 0 Å². The molecule has 0 bridgehead atoms. The summed E-state index contributed by atoms with van der Waals surface area (Å²) in [5.74, 6) is 0. The minimum atomic E-state index is 0.271. The van der Waals surface area contributed by atoms with Crippen LogP contribution < -0.4 is 11.1 Å². The van der Waals surface area contributed by atoms with Gasteiger partial charge in [0.05, 0.1) is 0 Å². The molecule has 3 N–H and O–H groups in total. The fourth-order valence-corrected chi connectivity index (χ4v) is 2.51. The normalized spacial score (nSPS) is 27.6. The first-order chi connectivity index (χ1) is 6.75. The van der Waals surface area contributed by atoms with Crippen LogP contribution in [0.5, 0.6) is 0 Å². The van der Waals surface area contributed by atoms with Crippen LogP contribution in [0, 0.1) is 6.92 Å². The Morgan fingerprint density at radius 2 is 2.14 bits per heavy atom. The molecule has 0 aromatic carbocycles. The Hall–Kier alpha value is -0.680. The van der Waals surface area contributed by atoms with Gasteiger partial charge in [-0.1, -0.05) is 24.2 Å². The van der Waals surface area contributed by atoms with Gasteiger partial charge in [0.1, 0.15) is 5.01 Å². The van der Waals surface area contributed by atoms with Gasteiger partial charge in [0.2, 0.25) is 5.13 Å². The Balaban J connectivity index is 1.95. The summed E-state index contributed by atoms with van der Waals surface area (Å²) < 4.78 is 0. The third-order valence-corrected chi connectivity index (χ3v) is 3.42. The van der Waals surface area contributed by atoms with Crippen LogP contribution >= 0.6 is 11.3 Å².